The van der Waals surface area contributed by atoms with Gasteiger partial charge in [0, 0.05) is 18.8 Å². The van der Waals surface area contributed by atoms with E-state index in [2.05, 4.69) is 28.4 Å². The van der Waals surface area contributed by atoms with E-state index in [4.69, 9.17) is 10.1 Å². The first-order valence-electron chi connectivity index (χ1n) is 10.0. The Kier molecular flexibility index (Phi) is 7.28. The quantitative estimate of drug-likeness (QED) is 0.400. The zero-order chi connectivity index (χ0) is 18.9. The minimum Gasteiger partial charge on any atom is -0.478 e. The van der Waals surface area contributed by atoms with Crippen LogP contribution in [0, 0.1) is 12.3 Å². The Morgan fingerprint density at radius 1 is 1.07 bits per heavy atom. The van der Waals surface area contributed by atoms with Crippen LogP contribution in [0.3, 0.4) is 0 Å². The molecule has 27 heavy (non-hydrogen) atoms. The maximum atomic E-state index is 8.40. The molecule has 0 atom stereocenters. The second-order valence-electron chi connectivity index (χ2n) is 7.32. The number of piperidine rings is 1. The lowest BCUT2D eigenvalue weighted by atomic mass is 10.1. The van der Waals surface area contributed by atoms with Gasteiger partial charge >= 0.3 is 0 Å². The lowest BCUT2D eigenvalue weighted by Crippen LogP contribution is -2.31. The lowest BCUT2D eigenvalue weighted by molar-refractivity contribution is 0.201. The Balaban J connectivity index is 1.52. The van der Waals surface area contributed by atoms with Gasteiger partial charge in [0.2, 0.25) is 5.90 Å². The van der Waals surface area contributed by atoms with Crippen molar-refractivity contribution in [2.45, 2.75) is 39.2 Å². The standard InChI is InChI=1S/C23H31N3O/c1-19-11-12-22(25-18-20-9-4-2-5-10-20)21(17-19)23(24)27-16-8-15-26-13-6-3-7-14-26/h2,4-5,9-12,17,24-25H,3,6-8,13-16,18H2,1H3. The fourth-order valence-corrected chi connectivity index (χ4v) is 3.52. The second-order valence-corrected chi connectivity index (χ2v) is 7.32. The van der Waals surface area contributed by atoms with Crippen LogP contribution in [-0.2, 0) is 11.3 Å². The predicted molar refractivity (Wildman–Crippen MR) is 113 cm³/mol. The second kappa shape index (κ2) is 10.1. The van der Waals surface area contributed by atoms with Crippen molar-refractivity contribution >= 4 is 11.6 Å². The minimum absolute atomic E-state index is 0.257. The average molecular weight is 366 g/mol. The summed E-state index contributed by atoms with van der Waals surface area (Å²) in [6.07, 6.45) is 4.97. The van der Waals surface area contributed by atoms with Crippen LogP contribution in [0.4, 0.5) is 5.69 Å². The van der Waals surface area contributed by atoms with Gasteiger partial charge in [-0.25, -0.2) is 0 Å². The van der Waals surface area contributed by atoms with E-state index in [0.29, 0.717) is 6.61 Å². The van der Waals surface area contributed by atoms with E-state index in [9.17, 15) is 0 Å². The molecule has 1 fully saturated rings. The fraction of sp³-hybridized carbons (Fsp3) is 0.435. The van der Waals surface area contributed by atoms with Crippen molar-refractivity contribution in [3.8, 4) is 0 Å². The van der Waals surface area contributed by atoms with Gasteiger partial charge in [0.15, 0.2) is 0 Å². The Hall–Kier alpha value is -2.33. The first-order valence-corrected chi connectivity index (χ1v) is 10.0. The molecule has 0 unspecified atom stereocenters. The maximum absolute atomic E-state index is 8.40. The molecule has 1 aliphatic rings. The number of rotatable bonds is 8. The van der Waals surface area contributed by atoms with Gasteiger partial charge in [-0.15, -0.1) is 0 Å². The number of aryl methyl sites for hydroxylation is 1. The molecule has 3 rings (SSSR count). The molecule has 2 aromatic carbocycles. The number of likely N-dealkylation sites (tertiary alicyclic amines) is 1. The van der Waals surface area contributed by atoms with Gasteiger partial charge < -0.3 is 15.0 Å². The van der Waals surface area contributed by atoms with E-state index in [0.717, 1.165) is 36.3 Å². The largest absolute Gasteiger partial charge is 0.478 e. The highest BCUT2D eigenvalue weighted by molar-refractivity contribution is 5.97. The molecule has 144 valence electrons. The normalized spacial score (nSPS) is 14.7. The predicted octanol–water partition coefficient (Wildman–Crippen LogP) is 4.83. The number of nitrogens with one attached hydrogen (secondary N) is 2. The zero-order valence-corrected chi connectivity index (χ0v) is 16.3. The number of anilines is 1. The van der Waals surface area contributed by atoms with E-state index < -0.39 is 0 Å². The van der Waals surface area contributed by atoms with E-state index in [1.807, 2.05) is 37.3 Å². The van der Waals surface area contributed by atoms with Gasteiger partial charge in [-0.3, -0.25) is 5.41 Å². The Labute approximate surface area is 163 Å². The molecular formula is C23H31N3O. The molecular weight excluding hydrogens is 334 g/mol. The minimum atomic E-state index is 0.257. The van der Waals surface area contributed by atoms with Crippen LogP contribution in [0.25, 0.3) is 0 Å². The van der Waals surface area contributed by atoms with Crippen LogP contribution < -0.4 is 5.32 Å². The van der Waals surface area contributed by atoms with Crippen LogP contribution in [0.1, 0.15) is 42.4 Å². The number of hydrogen-bond acceptors (Lipinski definition) is 4. The highest BCUT2D eigenvalue weighted by Crippen LogP contribution is 2.20. The van der Waals surface area contributed by atoms with E-state index >= 15 is 0 Å². The summed E-state index contributed by atoms with van der Waals surface area (Å²) in [5.74, 6) is 0.257. The number of benzene rings is 2. The lowest BCUT2D eigenvalue weighted by Gasteiger charge is -2.26. The first kappa shape index (κ1) is 19.4. The van der Waals surface area contributed by atoms with E-state index in [-0.39, 0.29) is 5.90 Å². The highest BCUT2D eigenvalue weighted by Gasteiger charge is 2.12. The van der Waals surface area contributed by atoms with Gasteiger partial charge in [0.1, 0.15) is 0 Å². The van der Waals surface area contributed by atoms with Gasteiger partial charge in [0.05, 0.1) is 12.2 Å². The summed E-state index contributed by atoms with van der Waals surface area (Å²) in [6.45, 7) is 6.88. The summed E-state index contributed by atoms with van der Waals surface area (Å²) in [5.41, 5.74) is 4.14. The number of hydrogen-bond donors (Lipinski definition) is 2. The fourth-order valence-electron chi connectivity index (χ4n) is 3.52. The summed E-state index contributed by atoms with van der Waals surface area (Å²) in [4.78, 5) is 2.51. The molecule has 2 N–H and O–H groups in total. The third-order valence-electron chi connectivity index (χ3n) is 5.06. The zero-order valence-electron chi connectivity index (χ0n) is 16.3. The molecule has 0 aromatic heterocycles. The van der Waals surface area contributed by atoms with Crippen molar-refractivity contribution in [3.63, 3.8) is 0 Å². The van der Waals surface area contributed by atoms with Crippen LogP contribution >= 0.6 is 0 Å². The molecule has 0 radical (unpaired) electrons. The van der Waals surface area contributed by atoms with Gasteiger partial charge in [-0.1, -0.05) is 48.4 Å². The molecule has 0 spiro atoms. The van der Waals surface area contributed by atoms with Gasteiger partial charge in [-0.2, -0.15) is 0 Å². The van der Waals surface area contributed by atoms with Crippen molar-refractivity contribution in [3.05, 3.63) is 65.2 Å². The van der Waals surface area contributed by atoms with Gasteiger partial charge in [0.25, 0.3) is 0 Å². The van der Waals surface area contributed by atoms with Crippen LogP contribution in [0.15, 0.2) is 48.5 Å². The van der Waals surface area contributed by atoms with E-state index in [1.165, 1.54) is 37.9 Å². The summed E-state index contributed by atoms with van der Waals surface area (Å²) in [5, 5.41) is 11.8. The molecule has 0 bridgehead atoms. The smallest absolute Gasteiger partial charge is 0.215 e. The third kappa shape index (κ3) is 6.10. The van der Waals surface area contributed by atoms with E-state index in [1.54, 1.807) is 0 Å². The molecule has 4 heteroatoms. The SMILES string of the molecule is Cc1ccc(NCc2ccccc2)c(C(=N)OCCCN2CCCCC2)c1. The molecule has 1 aliphatic heterocycles. The Morgan fingerprint density at radius 3 is 2.63 bits per heavy atom. The summed E-state index contributed by atoms with van der Waals surface area (Å²) < 4.78 is 5.78. The van der Waals surface area contributed by atoms with Crippen LogP contribution in [0.2, 0.25) is 0 Å². The highest BCUT2D eigenvalue weighted by atomic mass is 16.5. The molecule has 4 nitrogen and oxygen atoms in total. The first-order chi connectivity index (χ1) is 13.2. The van der Waals surface area contributed by atoms with Crippen LogP contribution in [-0.4, -0.2) is 37.0 Å². The monoisotopic (exact) mass is 365 g/mol. The summed E-state index contributed by atoms with van der Waals surface area (Å²) in [6, 6.07) is 16.4. The Bertz CT molecular complexity index is 724. The molecule has 2 aromatic rings. The van der Waals surface area contributed by atoms with Crippen molar-refractivity contribution in [1.82, 2.24) is 4.90 Å². The van der Waals surface area contributed by atoms with Crippen molar-refractivity contribution in [1.29, 1.82) is 5.41 Å². The topological polar surface area (TPSA) is 48.4 Å². The number of nitrogens with zero attached hydrogens (tertiary/aromatic N) is 1. The molecule has 1 heterocycles. The Morgan fingerprint density at radius 2 is 1.85 bits per heavy atom. The molecule has 0 saturated carbocycles. The van der Waals surface area contributed by atoms with Gasteiger partial charge in [-0.05, 0) is 57.0 Å². The molecule has 1 saturated heterocycles. The van der Waals surface area contributed by atoms with Crippen LogP contribution in [0.5, 0.6) is 0 Å². The van der Waals surface area contributed by atoms with Crippen molar-refractivity contribution in [2.24, 2.45) is 0 Å². The third-order valence-corrected chi connectivity index (χ3v) is 5.06. The summed E-state index contributed by atoms with van der Waals surface area (Å²) in [7, 11) is 0. The average Bonchev–Trinajstić information content (AvgIpc) is 2.71. The van der Waals surface area contributed by atoms with Crippen molar-refractivity contribution < 1.29 is 4.74 Å². The maximum Gasteiger partial charge on any atom is 0.215 e. The summed E-state index contributed by atoms with van der Waals surface area (Å²) >= 11 is 0. The molecule has 0 amide bonds. The number of ether oxygens (including phenoxy) is 1. The van der Waals surface area contributed by atoms with Crippen molar-refractivity contribution in [2.75, 3.05) is 31.6 Å². The molecule has 0 aliphatic carbocycles.